The van der Waals surface area contributed by atoms with Crippen LogP contribution in [0.3, 0.4) is 0 Å². The Labute approximate surface area is 172 Å². The third kappa shape index (κ3) is 8.77. The zero-order valence-electron chi connectivity index (χ0n) is 16.7. The van der Waals surface area contributed by atoms with E-state index < -0.39 is 18.4 Å². The fourth-order valence-electron chi connectivity index (χ4n) is 2.58. The van der Waals surface area contributed by atoms with Gasteiger partial charge in [-0.1, -0.05) is 85.5 Å². The van der Waals surface area contributed by atoms with Crippen LogP contribution >= 0.6 is 0 Å². The molecule has 0 unspecified atom stereocenters. The summed E-state index contributed by atoms with van der Waals surface area (Å²) >= 11 is 0. The highest BCUT2D eigenvalue weighted by Crippen LogP contribution is 2.14. The van der Waals surface area contributed by atoms with Crippen molar-refractivity contribution >= 4 is 6.16 Å². The molecule has 2 rings (SSSR count). The van der Waals surface area contributed by atoms with Gasteiger partial charge in [-0.05, 0) is 18.1 Å². The van der Waals surface area contributed by atoms with Gasteiger partial charge in [0.1, 0.15) is 6.10 Å². The summed E-state index contributed by atoms with van der Waals surface area (Å²) < 4.78 is 22.2. The summed E-state index contributed by atoms with van der Waals surface area (Å²) in [5.41, 5.74) is 2.05. The molecule has 0 amide bonds. The Morgan fingerprint density at radius 3 is 2.21 bits per heavy atom. The predicted molar refractivity (Wildman–Crippen MR) is 112 cm³/mol. The minimum atomic E-state index is -0.749. The Morgan fingerprint density at radius 2 is 1.62 bits per heavy atom. The predicted octanol–water partition coefficient (Wildman–Crippen LogP) is 5.07. The maximum Gasteiger partial charge on any atom is 0.508 e. The van der Waals surface area contributed by atoms with Crippen molar-refractivity contribution in [1.82, 2.24) is 0 Å². The highest BCUT2D eigenvalue weighted by molar-refractivity contribution is 5.60. The van der Waals surface area contributed by atoms with Gasteiger partial charge in [-0.3, -0.25) is 0 Å². The van der Waals surface area contributed by atoms with Crippen LogP contribution in [-0.2, 0) is 32.2 Å². The topological polar surface area (TPSA) is 54.0 Å². The molecule has 0 radical (unpaired) electrons. The molecule has 0 aliphatic heterocycles. The first-order chi connectivity index (χ1) is 14.2. The summed E-state index contributed by atoms with van der Waals surface area (Å²) in [7, 11) is 0. The minimum Gasteiger partial charge on any atom is -0.435 e. The van der Waals surface area contributed by atoms with Crippen LogP contribution in [0.1, 0.15) is 18.1 Å². The van der Waals surface area contributed by atoms with Crippen LogP contribution in [0, 0.1) is 0 Å². The third-order valence-corrected chi connectivity index (χ3v) is 3.99. The molecule has 2 atom stereocenters. The quantitative estimate of drug-likeness (QED) is 0.370. The first kappa shape index (κ1) is 22.4. The number of hydrogen-bond acceptors (Lipinski definition) is 5. The van der Waals surface area contributed by atoms with Crippen molar-refractivity contribution in [2.45, 2.75) is 32.3 Å². The fraction of sp³-hybridized carbons (Fsp3) is 0.292. The summed E-state index contributed by atoms with van der Waals surface area (Å²) in [6.45, 7) is 6.59. The summed E-state index contributed by atoms with van der Waals surface area (Å²) in [5, 5.41) is 0. The van der Waals surface area contributed by atoms with Gasteiger partial charge in [0.05, 0.1) is 26.4 Å². The number of hydrogen-bond donors (Lipinski definition) is 0. The second-order valence-electron chi connectivity index (χ2n) is 6.22. The van der Waals surface area contributed by atoms with Crippen molar-refractivity contribution in [3.63, 3.8) is 0 Å². The standard InChI is InChI=1S/C24H28O5/c1-3-5-16-22(28-18-21-14-10-7-11-15-21)23(29-24(25)27-4-2)19-26-17-20-12-8-6-9-13-20/h3,5-16,22-23H,1,4,17-19H2,2H3/b16-5+/t22-,23+/m0/s1. The van der Waals surface area contributed by atoms with E-state index in [1.165, 1.54) is 0 Å². The lowest BCUT2D eigenvalue weighted by Crippen LogP contribution is -2.36. The molecule has 2 aromatic rings. The lowest BCUT2D eigenvalue weighted by Gasteiger charge is -2.25. The van der Waals surface area contributed by atoms with Crippen LogP contribution in [0.5, 0.6) is 0 Å². The normalized spacial score (nSPS) is 13.0. The van der Waals surface area contributed by atoms with E-state index in [0.29, 0.717) is 13.2 Å². The van der Waals surface area contributed by atoms with Crippen LogP contribution in [0.15, 0.2) is 85.5 Å². The monoisotopic (exact) mass is 396 g/mol. The molecular formula is C24H28O5. The van der Waals surface area contributed by atoms with E-state index in [4.69, 9.17) is 18.9 Å². The number of allylic oxidation sites excluding steroid dienone is 2. The zero-order valence-corrected chi connectivity index (χ0v) is 16.7. The molecule has 29 heavy (non-hydrogen) atoms. The van der Waals surface area contributed by atoms with Gasteiger partial charge in [0.15, 0.2) is 6.10 Å². The number of ether oxygens (including phenoxy) is 4. The van der Waals surface area contributed by atoms with Crippen LogP contribution in [-0.4, -0.2) is 31.6 Å². The molecule has 0 spiro atoms. The van der Waals surface area contributed by atoms with Gasteiger partial charge in [-0.2, -0.15) is 0 Å². The average molecular weight is 396 g/mol. The largest absolute Gasteiger partial charge is 0.508 e. The van der Waals surface area contributed by atoms with E-state index in [1.807, 2.05) is 60.7 Å². The lowest BCUT2D eigenvalue weighted by atomic mass is 10.1. The Bertz CT molecular complexity index is 742. The minimum absolute atomic E-state index is 0.161. The Morgan fingerprint density at radius 1 is 1.00 bits per heavy atom. The molecule has 0 N–H and O–H groups in total. The second-order valence-corrected chi connectivity index (χ2v) is 6.22. The number of carbonyl (C=O) groups is 1. The lowest BCUT2D eigenvalue weighted by molar-refractivity contribution is -0.0817. The van der Waals surface area contributed by atoms with Crippen molar-refractivity contribution in [1.29, 1.82) is 0 Å². The van der Waals surface area contributed by atoms with Gasteiger partial charge in [0.2, 0.25) is 0 Å². The Kier molecular flexibility index (Phi) is 10.3. The molecule has 5 heteroatoms. The zero-order chi connectivity index (χ0) is 20.7. The van der Waals surface area contributed by atoms with Crippen LogP contribution in [0.25, 0.3) is 0 Å². The molecule has 0 saturated carbocycles. The summed E-state index contributed by atoms with van der Waals surface area (Å²) in [5.74, 6) is 0. The molecule has 0 bridgehead atoms. The molecule has 0 aliphatic carbocycles. The molecular weight excluding hydrogens is 368 g/mol. The van der Waals surface area contributed by atoms with Gasteiger partial charge in [0, 0.05) is 0 Å². The van der Waals surface area contributed by atoms with Crippen LogP contribution < -0.4 is 0 Å². The van der Waals surface area contributed by atoms with E-state index in [9.17, 15) is 4.79 Å². The van der Waals surface area contributed by atoms with Crippen molar-refractivity contribution in [2.24, 2.45) is 0 Å². The van der Waals surface area contributed by atoms with Crippen molar-refractivity contribution in [3.05, 3.63) is 96.6 Å². The average Bonchev–Trinajstić information content (AvgIpc) is 2.75. The maximum absolute atomic E-state index is 11.9. The molecule has 0 fully saturated rings. The fourth-order valence-corrected chi connectivity index (χ4v) is 2.58. The van der Waals surface area contributed by atoms with Crippen LogP contribution in [0.4, 0.5) is 4.79 Å². The molecule has 0 aromatic heterocycles. The van der Waals surface area contributed by atoms with Gasteiger partial charge in [-0.25, -0.2) is 4.79 Å². The summed E-state index contributed by atoms with van der Waals surface area (Å²) in [4.78, 5) is 11.9. The molecule has 154 valence electrons. The summed E-state index contributed by atoms with van der Waals surface area (Å²) in [6.07, 6.45) is 3.26. The first-order valence-corrected chi connectivity index (χ1v) is 9.62. The van der Waals surface area contributed by atoms with Gasteiger partial charge in [-0.15, -0.1) is 0 Å². The van der Waals surface area contributed by atoms with Gasteiger partial charge in [0.25, 0.3) is 0 Å². The van der Waals surface area contributed by atoms with Gasteiger partial charge < -0.3 is 18.9 Å². The number of carbonyl (C=O) groups excluding carboxylic acids is 1. The van der Waals surface area contributed by atoms with E-state index >= 15 is 0 Å². The van der Waals surface area contributed by atoms with Crippen molar-refractivity contribution < 1.29 is 23.7 Å². The van der Waals surface area contributed by atoms with E-state index in [1.54, 1.807) is 25.2 Å². The molecule has 2 aromatic carbocycles. The van der Waals surface area contributed by atoms with E-state index in [2.05, 4.69) is 6.58 Å². The van der Waals surface area contributed by atoms with E-state index in [-0.39, 0.29) is 13.2 Å². The number of benzene rings is 2. The SMILES string of the molecule is C=C/C=C/[C@H](OCc1ccccc1)[C@@H](COCc1ccccc1)OC(=O)OCC. The van der Waals surface area contributed by atoms with Gasteiger partial charge >= 0.3 is 6.16 Å². The Balaban J connectivity index is 2.05. The Hall–Kier alpha value is -2.89. The first-order valence-electron chi connectivity index (χ1n) is 9.62. The molecule has 0 saturated heterocycles. The highest BCUT2D eigenvalue weighted by atomic mass is 16.7. The van der Waals surface area contributed by atoms with Crippen LogP contribution in [0.2, 0.25) is 0 Å². The highest BCUT2D eigenvalue weighted by Gasteiger charge is 2.25. The second kappa shape index (κ2) is 13.3. The summed E-state index contributed by atoms with van der Waals surface area (Å²) in [6, 6.07) is 19.6. The molecule has 5 nitrogen and oxygen atoms in total. The van der Waals surface area contributed by atoms with E-state index in [0.717, 1.165) is 11.1 Å². The van der Waals surface area contributed by atoms with Crippen molar-refractivity contribution in [3.8, 4) is 0 Å². The smallest absolute Gasteiger partial charge is 0.435 e. The third-order valence-electron chi connectivity index (χ3n) is 3.99. The number of rotatable bonds is 12. The molecule has 0 heterocycles. The van der Waals surface area contributed by atoms with Crippen molar-refractivity contribution in [2.75, 3.05) is 13.2 Å². The maximum atomic E-state index is 11.9. The molecule has 0 aliphatic rings.